The largest absolute Gasteiger partial charge is 0.346 e. The molecule has 0 spiro atoms. The number of carbonyl (C=O) groups is 2. The smallest absolute Gasteiger partial charge is 0.225 e. The van der Waals surface area contributed by atoms with Crippen LogP contribution in [-0.2, 0) is 16.0 Å². The summed E-state index contributed by atoms with van der Waals surface area (Å²) in [4.78, 5) is 32.4. The van der Waals surface area contributed by atoms with Crippen molar-refractivity contribution >= 4 is 22.5 Å². The number of ketones is 1. The molecule has 4 aromatic rings. The molecule has 0 aliphatic carbocycles. The van der Waals surface area contributed by atoms with Crippen LogP contribution in [0.15, 0.2) is 79.0 Å². The van der Waals surface area contributed by atoms with Crippen LogP contribution in [0.5, 0.6) is 0 Å². The molecule has 3 aromatic carbocycles. The number of nitrogens with one attached hydrogen (secondary N) is 2. The Labute approximate surface area is 200 Å². The Hall–Kier alpha value is -3.73. The third-order valence-electron chi connectivity index (χ3n) is 6.10. The number of aromatic nitrogens is 2. The van der Waals surface area contributed by atoms with E-state index in [1.165, 1.54) is 0 Å². The molecule has 0 radical (unpaired) electrons. The lowest BCUT2D eigenvalue weighted by Gasteiger charge is -2.17. The minimum Gasteiger partial charge on any atom is -0.346 e. The van der Waals surface area contributed by atoms with Crippen molar-refractivity contribution in [1.29, 1.82) is 0 Å². The normalized spacial score (nSPS) is 11.9. The number of hydrogen-bond donors (Lipinski definition) is 2. The van der Waals surface area contributed by atoms with Crippen LogP contribution < -0.4 is 5.32 Å². The highest BCUT2D eigenvalue weighted by atomic mass is 16.1. The number of imidazole rings is 1. The number of fused-ring (bicyclic) bond motifs is 1. The van der Waals surface area contributed by atoms with Crippen LogP contribution in [0.1, 0.15) is 56.5 Å². The van der Waals surface area contributed by atoms with Crippen molar-refractivity contribution in [2.75, 3.05) is 0 Å². The third-order valence-corrected chi connectivity index (χ3v) is 6.10. The van der Waals surface area contributed by atoms with Crippen LogP contribution in [0.2, 0.25) is 0 Å². The second-order valence-corrected chi connectivity index (χ2v) is 8.78. The molecular weight excluding hydrogens is 422 g/mol. The lowest BCUT2D eigenvalue weighted by atomic mass is 10.0. The van der Waals surface area contributed by atoms with Crippen molar-refractivity contribution in [2.24, 2.45) is 0 Å². The number of benzene rings is 3. The number of aromatic amines is 1. The van der Waals surface area contributed by atoms with E-state index in [9.17, 15) is 9.59 Å². The second-order valence-electron chi connectivity index (χ2n) is 8.78. The lowest BCUT2D eigenvalue weighted by Crippen LogP contribution is -2.30. The third kappa shape index (κ3) is 6.19. The number of amides is 1. The zero-order valence-corrected chi connectivity index (χ0v) is 19.6. The summed E-state index contributed by atoms with van der Waals surface area (Å²) < 4.78 is 0. The van der Waals surface area contributed by atoms with Gasteiger partial charge in [-0.25, -0.2) is 4.98 Å². The van der Waals surface area contributed by atoms with E-state index in [0.717, 1.165) is 59.1 Å². The molecule has 5 nitrogen and oxygen atoms in total. The van der Waals surface area contributed by atoms with E-state index in [0.29, 0.717) is 12.8 Å². The minimum atomic E-state index is -0.211. The van der Waals surface area contributed by atoms with Crippen LogP contribution in [0.25, 0.3) is 22.0 Å². The molecule has 0 aliphatic rings. The maximum Gasteiger partial charge on any atom is 0.225 e. The number of nitrogens with zero attached hydrogens (tertiary/aromatic N) is 1. The van der Waals surface area contributed by atoms with Gasteiger partial charge in [0, 0.05) is 6.42 Å². The molecule has 1 aromatic heterocycles. The molecule has 1 amide bonds. The van der Waals surface area contributed by atoms with Crippen molar-refractivity contribution in [1.82, 2.24) is 15.3 Å². The predicted molar refractivity (Wildman–Crippen MR) is 136 cm³/mol. The molecule has 0 saturated heterocycles. The van der Waals surface area contributed by atoms with Gasteiger partial charge in [0.1, 0.15) is 11.6 Å². The summed E-state index contributed by atoms with van der Waals surface area (Å²) in [5, 5.41) is 5.45. The standard InChI is InChI=1S/C29H31N3O2/c1-21(33)11-4-2-7-18-26(29-30-20-27(32-29)23-13-5-3-6-14-23)31-28(34)19-24-16-10-15-22-12-8-9-17-25(22)24/h3,5-6,8-10,12-17,20,26H,2,4,7,11,18-19H2,1H3,(H,30,32)(H,31,34)/t26-/m0/s1. The minimum absolute atomic E-state index is 0.0252. The van der Waals surface area contributed by atoms with E-state index in [2.05, 4.69) is 33.5 Å². The first-order valence-electron chi connectivity index (χ1n) is 12.0. The van der Waals surface area contributed by atoms with Crippen molar-refractivity contribution in [2.45, 2.75) is 51.5 Å². The summed E-state index contributed by atoms with van der Waals surface area (Å²) in [6.07, 6.45) is 6.24. The van der Waals surface area contributed by atoms with E-state index in [4.69, 9.17) is 0 Å². The highest BCUT2D eigenvalue weighted by Gasteiger charge is 2.19. The first-order chi connectivity index (χ1) is 16.6. The number of rotatable bonds is 11. The molecule has 1 atom stereocenters. The molecule has 1 heterocycles. The second kappa shape index (κ2) is 11.4. The maximum atomic E-state index is 13.1. The van der Waals surface area contributed by atoms with E-state index >= 15 is 0 Å². The van der Waals surface area contributed by atoms with Crippen molar-refractivity contribution in [3.63, 3.8) is 0 Å². The number of Topliss-reactive ketones (excluding diaryl/α,β-unsaturated/α-hetero) is 1. The number of hydrogen-bond acceptors (Lipinski definition) is 3. The molecule has 34 heavy (non-hydrogen) atoms. The van der Waals surface area contributed by atoms with Gasteiger partial charge < -0.3 is 15.1 Å². The van der Waals surface area contributed by atoms with Crippen LogP contribution >= 0.6 is 0 Å². The predicted octanol–water partition coefficient (Wildman–Crippen LogP) is 6.17. The summed E-state index contributed by atoms with van der Waals surface area (Å²) in [5.74, 6) is 0.956. The Morgan fingerprint density at radius 3 is 2.50 bits per heavy atom. The molecule has 0 saturated carbocycles. The molecule has 0 unspecified atom stereocenters. The van der Waals surface area contributed by atoms with Crippen LogP contribution in [0.4, 0.5) is 0 Å². The molecule has 2 N–H and O–H groups in total. The SMILES string of the molecule is CC(=O)CCCCC[C@H](NC(=O)Cc1cccc2ccccc12)c1ncc(-c2ccccc2)[nH]1. The Kier molecular flexibility index (Phi) is 7.87. The Bertz CT molecular complexity index is 1240. The summed E-state index contributed by atoms with van der Waals surface area (Å²) in [6, 6.07) is 24.0. The topological polar surface area (TPSA) is 74.8 Å². The number of unbranched alkanes of at least 4 members (excludes halogenated alkanes) is 2. The lowest BCUT2D eigenvalue weighted by molar-refractivity contribution is -0.121. The molecule has 4 rings (SSSR count). The molecule has 0 bridgehead atoms. The average molecular weight is 454 g/mol. The summed E-state index contributed by atoms with van der Waals surface area (Å²) in [5.41, 5.74) is 3.00. The van der Waals surface area contributed by atoms with Gasteiger partial charge in [-0.15, -0.1) is 0 Å². The molecular formula is C29H31N3O2. The van der Waals surface area contributed by atoms with E-state index < -0.39 is 0 Å². The van der Waals surface area contributed by atoms with Gasteiger partial charge in [0.2, 0.25) is 5.91 Å². The number of H-pyrrole nitrogens is 1. The Morgan fingerprint density at radius 2 is 1.68 bits per heavy atom. The van der Waals surface area contributed by atoms with Gasteiger partial charge in [-0.05, 0) is 41.7 Å². The zero-order valence-electron chi connectivity index (χ0n) is 19.6. The van der Waals surface area contributed by atoms with E-state index in [1.54, 1.807) is 6.92 Å². The molecule has 0 aliphatic heterocycles. The highest BCUT2D eigenvalue weighted by molar-refractivity contribution is 5.90. The molecule has 0 fully saturated rings. The van der Waals surface area contributed by atoms with E-state index in [-0.39, 0.29) is 17.7 Å². The van der Waals surface area contributed by atoms with Gasteiger partial charge in [-0.3, -0.25) is 4.79 Å². The first-order valence-corrected chi connectivity index (χ1v) is 12.0. The van der Waals surface area contributed by atoms with Gasteiger partial charge >= 0.3 is 0 Å². The maximum absolute atomic E-state index is 13.1. The van der Waals surface area contributed by atoms with Gasteiger partial charge in [0.25, 0.3) is 0 Å². The Morgan fingerprint density at radius 1 is 0.912 bits per heavy atom. The average Bonchev–Trinajstić information content (AvgIpc) is 3.34. The van der Waals surface area contributed by atoms with Crippen molar-refractivity contribution in [3.8, 4) is 11.3 Å². The first kappa shape index (κ1) is 23.4. The molecule has 5 heteroatoms. The van der Waals surface area contributed by atoms with Gasteiger partial charge in [-0.1, -0.05) is 85.6 Å². The summed E-state index contributed by atoms with van der Waals surface area (Å²) >= 11 is 0. The monoisotopic (exact) mass is 453 g/mol. The molecule has 174 valence electrons. The van der Waals surface area contributed by atoms with Crippen LogP contribution in [0.3, 0.4) is 0 Å². The highest BCUT2D eigenvalue weighted by Crippen LogP contribution is 2.24. The quantitative estimate of drug-likeness (QED) is 0.267. The van der Waals surface area contributed by atoms with Gasteiger partial charge in [0.05, 0.1) is 24.4 Å². The van der Waals surface area contributed by atoms with Crippen molar-refractivity contribution in [3.05, 3.63) is 90.4 Å². The summed E-state index contributed by atoms with van der Waals surface area (Å²) in [7, 11) is 0. The van der Waals surface area contributed by atoms with Crippen LogP contribution in [-0.4, -0.2) is 21.7 Å². The van der Waals surface area contributed by atoms with E-state index in [1.807, 2.05) is 60.8 Å². The summed E-state index contributed by atoms with van der Waals surface area (Å²) in [6.45, 7) is 1.63. The fourth-order valence-electron chi connectivity index (χ4n) is 4.32. The zero-order chi connectivity index (χ0) is 23.8. The van der Waals surface area contributed by atoms with Gasteiger partial charge in [0.15, 0.2) is 0 Å². The number of carbonyl (C=O) groups excluding carboxylic acids is 2. The fraction of sp³-hybridized carbons (Fsp3) is 0.276. The Balaban J connectivity index is 1.47. The van der Waals surface area contributed by atoms with Crippen molar-refractivity contribution < 1.29 is 9.59 Å². The van der Waals surface area contributed by atoms with Crippen LogP contribution in [0, 0.1) is 0 Å². The van der Waals surface area contributed by atoms with Gasteiger partial charge in [-0.2, -0.15) is 0 Å². The fourth-order valence-corrected chi connectivity index (χ4v) is 4.32.